The molecule has 0 unspecified atom stereocenters. The molecule has 0 radical (unpaired) electrons. The first kappa shape index (κ1) is 19.4. The zero-order valence-corrected chi connectivity index (χ0v) is 17.2. The summed E-state index contributed by atoms with van der Waals surface area (Å²) in [5.74, 6) is 0.627. The number of halogens is 1. The predicted octanol–water partition coefficient (Wildman–Crippen LogP) is 2.78. The second-order valence-electron chi connectivity index (χ2n) is 6.70. The maximum Gasteiger partial charge on any atom is 0.407 e. The summed E-state index contributed by atoms with van der Waals surface area (Å²) >= 11 is 2.24. The molecule has 2 rings (SSSR count). The number of carbonyl (C=O) groups is 1. The molecule has 0 fully saturated rings. The van der Waals surface area contributed by atoms with Crippen LogP contribution in [0.4, 0.5) is 10.6 Å². The van der Waals surface area contributed by atoms with E-state index in [1.54, 1.807) is 6.34 Å². The van der Waals surface area contributed by atoms with Crippen molar-refractivity contribution in [3.05, 3.63) is 16.1 Å². The lowest BCUT2D eigenvalue weighted by atomic mass is 10.2. The minimum atomic E-state index is -0.508. The Morgan fingerprint density at radius 3 is 2.80 bits per heavy atom. The molecule has 0 saturated heterocycles. The molecule has 1 amide bonds. The van der Waals surface area contributed by atoms with E-state index in [-0.39, 0.29) is 0 Å². The summed E-state index contributed by atoms with van der Waals surface area (Å²) in [5.41, 5.74) is 0.280. The van der Waals surface area contributed by atoms with E-state index in [0.717, 1.165) is 14.6 Å². The van der Waals surface area contributed by atoms with Crippen molar-refractivity contribution in [3.8, 4) is 0 Å². The summed E-state index contributed by atoms with van der Waals surface area (Å²) < 4.78 is 8.22. The highest BCUT2D eigenvalue weighted by Crippen LogP contribution is 2.28. The summed E-state index contributed by atoms with van der Waals surface area (Å²) in [7, 11) is 3.81. The fourth-order valence-electron chi connectivity index (χ4n) is 2.09. The normalized spacial score (nSPS) is 11.9. The van der Waals surface area contributed by atoms with Crippen LogP contribution in [0.25, 0.3) is 11.0 Å². The summed E-state index contributed by atoms with van der Waals surface area (Å²) in [5, 5.41) is 3.65. The van der Waals surface area contributed by atoms with E-state index >= 15 is 0 Å². The van der Waals surface area contributed by atoms with Gasteiger partial charge in [-0.25, -0.2) is 19.8 Å². The predicted molar refractivity (Wildman–Crippen MR) is 106 cm³/mol. The highest BCUT2D eigenvalue weighted by Gasteiger charge is 2.16. The van der Waals surface area contributed by atoms with Crippen LogP contribution in [0.3, 0.4) is 0 Å². The zero-order valence-electron chi connectivity index (χ0n) is 15.1. The second kappa shape index (κ2) is 7.98. The van der Waals surface area contributed by atoms with Gasteiger partial charge in [-0.1, -0.05) is 0 Å². The van der Waals surface area contributed by atoms with Gasteiger partial charge >= 0.3 is 6.09 Å². The Hall–Kier alpha value is -1.91. The molecule has 0 aliphatic heterocycles. The fraction of sp³-hybridized carbons (Fsp3) is 0.500. The fourth-order valence-corrected chi connectivity index (χ4v) is 2.91. The smallest absolute Gasteiger partial charge is 0.407 e. The van der Waals surface area contributed by atoms with E-state index in [1.165, 1.54) is 6.33 Å². The zero-order chi connectivity index (χ0) is 18.6. The van der Waals surface area contributed by atoms with Gasteiger partial charge in [-0.15, -0.1) is 0 Å². The van der Waals surface area contributed by atoms with Gasteiger partial charge in [0.05, 0.1) is 11.7 Å². The van der Waals surface area contributed by atoms with Crippen molar-refractivity contribution in [2.24, 2.45) is 4.99 Å². The highest BCUT2D eigenvalue weighted by atomic mass is 127. The van der Waals surface area contributed by atoms with E-state index in [0.29, 0.717) is 18.9 Å². The molecule has 2 heterocycles. The Morgan fingerprint density at radius 2 is 2.16 bits per heavy atom. The summed E-state index contributed by atoms with van der Waals surface area (Å²) in [4.78, 5) is 26.6. The molecule has 1 N–H and O–H groups in total. The SMILES string of the molecule is CN(C)/C=N/c1ncnc2c1c(I)cn2CCNC(=O)OC(C)(C)C. The van der Waals surface area contributed by atoms with Crippen LogP contribution in [0.2, 0.25) is 0 Å². The molecule has 25 heavy (non-hydrogen) atoms. The topological polar surface area (TPSA) is 84.6 Å². The third-order valence-electron chi connectivity index (χ3n) is 3.02. The third-order valence-corrected chi connectivity index (χ3v) is 3.84. The number of alkyl carbamates (subject to hydrolysis) is 1. The average Bonchev–Trinajstić information content (AvgIpc) is 2.80. The standard InChI is InChI=1S/C16H23IN6O2/c1-16(2,3)25-15(24)18-6-7-23-8-11(17)12-13(21-10-22(4)5)19-9-20-14(12)23/h8-10H,6-7H2,1-5H3,(H,18,24)/b21-10+. The van der Waals surface area contributed by atoms with Crippen molar-refractivity contribution in [2.45, 2.75) is 32.9 Å². The Kier molecular flexibility index (Phi) is 6.20. The van der Waals surface area contributed by atoms with Crippen LogP contribution in [0.1, 0.15) is 20.8 Å². The lowest BCUT2D eigenvalue weighted by molar-refractivity contribution is 0.0526. The van der Waals surface area contributed by atoms with Gasteiger partial charge in [-0.3, -0.25) is 0 Å². The van der Waals surface area contributed by atoms with Crippen LogP contribution in [0.5, 0.6) is 0 Å². The molecule has 0 atom stereocenters. The monoisotopic (exact) mass is 458 g/mol. The van der Waals surface area contributed by atoms with Crippen molar-refractivity contribution in [1.82, 2.24) is 24.8 Å². The van der Waals surface area contributed by atoms with Gasteiger partial charge < -0.3 is 19.5 Å². The number of rotatable bonds is 5. The molecule has 2 aromatic heterocycles. The van der Waals surface area contributed by atoms with Crippen molar-refractivity contribution in [3.63, 3.8) is 0 Å². The maximum atomic E-state index is 11.7. The first-order valence-corrected chi connectivity index (χ1v) is 8.92. The Morgan fingerprint density at radius 1 is 1.44 bits per heavy atom. The van der Waals surface area contributed by atoms with Crippen LogP contribution in [0.15, 0.2) is 17.5 Å². The molecule has 8 nitrogen and oxygen atoms in total. The van der Waals surface area contributed by atoms with Crippen LogP contribution in [-0.2, 0) is 11.3 Å². The number of aromatic nitrogens is 3. The van der Waals surface area contributed by atoms with Crippen molar-refractivity contribution >= 4 is 51.9 Å². The number of carbonyl (C=O) groups excluding carboxylic acids is 1. The number of hydrogen-bond acceptors (Lipinski definition) is 5. The minimum absolute atomic E-state index is 0.426. The Bertz CT molecular complexity index is 779. The molecule has 0 aliphatic carbocycles. The van der Waals surface area contributed by atoms with Gasteiger partial charge in [0.15, 0.2) is 5.82 Å². The van der Waals surface area contributed by atoms with Gasteiger partial charge in [0.25, 0.3) is 0 Å². The van der Waals surface area contributed by atoms with E-state index in [1.807, 2.05) is 50.5 Å². The number of amides is 1. The van der Waals surface area contributed by atoms with E-state index in [9.17, 15) is 4.79 Å². The molecule has 0 saturated carbocycles. The molecular formula is C16H23IN6O2. The van der Waals surface area contributed by atoms with Crippen molar-refractivity contribution in [2.75, 3.05) is 20.6 Å². The third kappa shape index (κ3) is 5.55. The molecular weight excluding hydrogens is 435 g/mol. The number of nitrogens with one attached hydrogen (secondary N) is 1. The number of ether oxygens (including phenoxy) is 1. The summed E-state index contributed by atoms with van der Waals surface area (Å²) in [6, 6.07) is 0. The molecule has 0 spiro atoms. The average molecular weight is 458 g/mol. The van der Waals surface area contributed by atoms with Gasteiger partial charge in [-0.05, 0) is 43.4 Å². The first-order chi connectivity index (χ1) is 11.7. The van der Waals surface area contributed by atoms with Crippen LogP contribution >= 0.6 is 22.6 Å². The molecule has 2 aromatic rings. The van der Waals surface area contributed by atoms with E-state index < -0.39 is 11.7 Å². The van der Waals surface area contributed by atoms with Gasteiger partial charge in [0, 0.05) is 37.0 Å². The van der Waals surface area contributed by atoms with Crippen LogP contribution in [-0.4, -0.2) is 58.1 Å². The number of aliphatic imine (C=N–C) groups is 1. The summed E-state index contributed by atoms with van der Waals surface area (Å²) in [6.07, 6.45) is 4.76. The Balaban J connectivity index is 2.12. The lowest BCUT2D eigenvalue weighted by Gasteiger charge is -2.19. The summed E-state index contributed by atoms with van der Waals surface area (Å²) in [6.45, 7) is 6.52. The number of nitrogens with zero attached hydrogens (tertiary/aromatic N) is 5. The Labute approximate surface area is 160 Å². The van der Waals surface area contributed by atoms with Crippen molar-refractivity contribution < 1.29 is 9.53 Å². The molecule has 0 aromatic carbocycles. The van der Waals surface area contributed by atoms with Crippen molar-refractivity contribution in [1.29, 1.82) is 0 Å². The van der Waals surface area contributed by atoms with Gasteiger partial charge in [0.1, 0.15) is 17.6 Å². The van der Waals surface area contributed by atoms with Crippen LogP contribution in [0, 0.1) is 3.57 Å². The van der Waals surface area contributed by atoms with Gasteiger partial charge in [-0.2, -0.15) is 0 Å². The molecule has 136 valence electrons. The number of fused-ring (bicyclic) bond motifs is 1. The first-order valence-electron chi connectivity index (χ1n) is 7.84. The minimum Gasteiger partial charge on any atom is -0.444 e. The number of hydrogen-bond donors (Lipinski definition) is 1. The maximum absolute atomic E-state index is 11.7. The van der Waals surface area contributed by atoms with E-state index in [4.69, 9.17) is 4.74 Å². The molecule has 9 heteroatoms. The largest absolute Gasteiger partial charge is 0.444 e. The second-order valence-corrected chi connectivity index (χ2v) is 7.87. The molecule has 0 aliphatic rings. The molecule has 0 bridgehead atoms. The highest BCUT2D eigenvalue weighted by molar-refractivity contribution is 14.1. The van der Waals surface area contributed by atoms with Crippen LogP contribution < -0.4 is 5.32 Å². The quantitative estimate of drug-likeness (QED) is 0.423. The van der Waals surface area contributed by atoms with Gasteiger partial charge in [0.2, 0.25) is 0 Å². The van der Waals surface area contributed by atoms with E-state index in [2.05, 4.69) is 42.9 Å². The lowest BCUT2D eigenvalue weighted by Crippen LogP contribution is -2.34.